The van der Waals surface area contributed by atoms with E-state index < -0.39 is 0 Å². The third-order valence-corrected chi connectivity index (χ3v) is 3.41. The zero-order valence-electron chi connectivity index (χ0n) is 14.0. The van der Waals surface area contributed by atoms with E-state index in [0.29, 0.717) is 13.0 Å². The third kappa shape index (κ3) is 15.0. The van der Waals surface area contributed by atoms with Crippen LogP contribution in [0.5, 0.6) is 0 Å². The largest absolute Gasteiger partial charge is 0.466 e. The lowest BCUT2D eigenvalue weighted by atomic mass is 10.0. The number of unbranched alkanes of at least 4 members (excludes halogenated alkanes) is 6. The molecule has 0 radical (unpaired) electrons. The molecule has 1 atom stereocenters. The molecule has 0 heterocycles. The molecule has 0 aliphatic carbocycles. The lowest BCUT2D eigenvalue weighted by Crippen LogP contribution is -2.16. The molecule has 0 saturated heterocycles. The van der Waals surface area contributed by atoms with Crippen LogP contribution < -0.4 is 0 Å². The summed E-state index contributed by atoms with van der Waals surface area (Å²) in [5, 5.41) is 0. The zero-order valence-corrected chi connectivity index (χ0v) is 14.0. The molecule has 128 valence electrons. The molecule has 0 rings (SSSR count). The normalized spacial score (nSPS) is 11.7. The van der Waals surface area contributed by atoms with Crippen molar-refractivity contribution >= 4 is 18.2 Å². The van der Waals surface area contributed by atoms with Gasteiger partial charge in [0.15, 0.2) is 0 Å². The average molecular weight is 314 g/mol. The van der Waals surface area contributed by atoms with Gasteiger partial charge in [0.1, 0.15) is 12.4 Å². The predicted octanol–water partition coefficient (Wildman–Crippen LogP) is 3.58. The Balaban J connectivity index is 3.68. The first-order chi connectivity index (χ1) is 10.6. The maximum atomic E-state index is 11.1. The number of carbonyl (C=O) groups excluding carboxylic acids is 3. The van der Waals surface area contributed by atoms with Crippen molar-refractivity contribution in [3.8, 4) is 0 Å². The SMILES string of the molecule is CC(=O)OCCCCCCC(CCCCCC=O)OC(C)=O. The van der Waals surface area contributed by atoms with Gasteiger partial charge in [0, 0.05) is 20.3 Å². The van der Waals surface area contributed by atoms with Gasteiger partial charge in [-0.15, -0.1) is 0 Å². The standard InChI is InChI=1S/C17H30O5/c1-15(19)21-14-10-6-4-8-12-17(22-16(2)20)11-7-3-5-9-13-18/h13,17H,3-12,14H2,1-2H3. The molecule has 0 aromatic heterocycles. The fraction of sp³-hybridized carbons (Fsp3) is 0.824. The first kappa shape index (κ1) is 20.6. The molecule has 1 unspecified atom stereocenters. The van der Waals surface area contributed by atoms with Crippen LogP contribution in [0.15, 0.2) is 0 Å². The van der Waals surface area contributed by atoms with Gasteiger partial charge in [-0.25, -0.2) is 0 Å². The van der Waals surface area contributed by atoms with E-state index in [0.717, 1.165) is 64.1 Å². The van der Waals surface area contributed by atoms with Gasteiger partial charge < -0.3 is 14.3 Å². The number of carbonyl (C=O) groups is 3. The summed E-state index contributed by atoms with van der Waals surface area (Å²) in [4.78, 5) is 31.9. The van der Waals surface area contributed by atoms with Crippen LogP contribution in [0.2, 0.25) is 0 Å². The van der Waals surface area contributed by atoms with Crippen molar-refractivity contribution in [3.63, 3.8) is 0 Å². The molecule has 22 heavy (non-hydrogen) atoms. The second kappa shape index (κ2) is 14.5. The molecular weight excluding hydrogens is 284 g/mol. The van der Waals surface area contributed by atoms with Crippen LogP contribution in [0.1, 0.15) is 78.1 Å². The van der Waals surface area contributed by atoms with E-state index in [2.05, 4.69) is 0 Å². The third-order valence-electron chi connectivity index (χ3n) is 3.41. The minimum Gasteiger partial charge on any atom is -0.466 e. The van der Waals surface area contributed by atoms with Crippen LogP contribution in [0.4, 0.5) is 0 Å². The van der Waals surface area contributed by atoms with E-state index in [-0.39, 0.29) is 18.0 Å². The molecule has 0 aliphatic rings. The van der Waals surface area contributed by atoms with E-state index >= 15 is 0 Å². The van der Waals surface area contributed by atoms with Gasteiger partial charge in [0.25, 0.3) is 0 Å². The van der Waals surface area contributed by atoms with Crippen molar-refractivity contribution in [1.82, 2.24) is 0 Å². The quantitative estimate of drug-likeness (QED) is 0.278. The summed E-state index contributed by atoms with van der Waals surface area (Å²) in [5.74, 6) is -0.461. The molecule has 5 heteroatoms. The maximum Gasteiger partial charge on any atom is 0.302 e. The van der Waals surface area contributed by atoms with Gasteiger partial charge in [-0.05, 0) is 38.5 Å². The summed E-state index contributed by atoms with van der Waals surface area (Å²) in [6, 6.07) is 0. The number of ether oxygens (including phenoxy) is 2. The van der Waals surface area contributed by atoms with Crippen LogP contribution in [-0.4, -0.2) is 30.9 Å². The molecule has 0 aromatic rings. The molecule has 5 nitrogen and oxygen atoms in total. The van der Waals surface area contributed by atoms with E-state index in [1.807, 2.05) is 0 Å². The summed E-state index contributed by atoms with van der Waals surface area (Å²) in [7, 11) is 0. The van der Waals surface area contributed by atoms with Crippen molar-refractivity contribution in [2.75, 3.05) is 6.61 Å². The van der Waals surface area contributed by atoms with Crippen molar-refractivity contribution in [3.05, 3.63) is 0 Å². The number of rotatable bonds is 14. The summed E-state index contributed by atoms with van der Waals surface area (Å²) in [6.45, 7) is 3.34. The highest BCUT2D eigenvalue weighted by atomic mass is 16.5. The molecule has 0 fully saturated rings. The molecule has 0 bridgehead atoms. The van der Waals surface area contributed by atoms with Crippen LogP contribution in [0, 0.1) is 0 Å². The van der Waals surface area contributed by atoms with Gasteiger partial charge >= 0.3 is 11.9 Å². The minimum atomic E-state index is -0.232. The summed E-state index contributed by atoms with van der Waals surface area (Å²) in [5.41, 5.74) is 0. The first-order valence-corrected chi connectivity index (χ1v) is 8.30. The molecule has 0 saturated carbocycles. The molecule has 0 aliphatic heterocycles. The Morgan fingerprint density at radius 2 is 1.45 bits per heavy atom. The van der Waals surface area contributed by atoms with Gasteiger partial charge in [-0.1, -0.05) is 19.3 Å². The minimum absolute atomic E-state index is 0.0119. The van der Waals surface area contributed by atoms with Crippen molar-refractivity contribution in [2.45, 2.75) is 84.2 Å². The van der Waals surface area contributed by atoms with Gasteiger partial charge in [0.2, 0.25) is 0 Å². The molecule has 0 amide bonds. The topological polar surface area (TPSA) is 69.7 Å². The Morgan fingerprint density at radius 3 is 2.00 bits per heavy atom. The average Bonchev–Trinajstić information content (AvgIpc) is 2.44. The van der Waals surface area contributed by atoms with E-state index in [1.54, 1.807) is 0 Å². The predicted molar refractivity (Wildman–Crippen MR) is 84.4 cm³/mol. The Morgan fingerprint density at radius 1 is 0.864 bits per heavy atom. The van der Waals surface area contributed by atoms with E-state index in [4.69, 9.17) is 9.47 Å². The van der Waals surface area contributed by atoms with E-state index in [1.165, 1.54) is 13.8 Å². The fourth-order valence-electron chi connectivity index (χ4n) is 2.32. The molecule has 0 N–H and O–H groups in total. The smallest absolute Gasteiger partial charge is 0.302 e. The molecule has 0 spiro atoms. The van der Waals surface area contributed by atoms with E-state index in [9.17, 15) is 14.4 Å². The highest BCUT2D eigenvalue weighted by Gasteiger charge is 2.11. The monoisotopic (exact) mass is 314 g/mol. The maximum absolute atomic E-state index is 11.1. The fourth-order valence-corrected chi connectivity index (χ4v) is 2.32. The number of hydrogen-bond acceptors (Lipinski definition) is 5. The summed E-state index contributed by atoms with van der Waals surface area (Å²) < 4.78 is 10.2. The summed E-state index contributed by atoms with van der Waals surface area (Å²) in [6.07, 6.45) is 10.1. The lowest BCUT2D eigenvalue weighted by molar-refractivity contribution is -0.147. The van der Waals surface area contributed by atoms with Crippen LogP contribution in [0.3, 0.4) is 0 Å². The van der Waals surface area contributed by atoms with Crippen LogP contribution >= 0.6 is 0 Å². The first-order valence-electron chi connectivity index (χ1n) is 8.30. The Labute approximate surface area is 133 Å². The Hall–Kier alpha value is -1.39. The van der Waals surface area contributed by atoms with Crippen LogP contribution in [0.25, 0.3) is 0 Å². The number of esters is 2. The van der Waals surface area contributed by atoms with Crippen molar-refractivity contribution < 1.29 is 23.9 Å². The number of hydrogen-bond donors (Lipinski definition) is 0. The van der Waals surface area contributed by atoms with Crippen LogP contribution in [-0.2, 0) is 23.9 Å². The summed E-state index contributed by atoms with van der Waals surface area (Å²) >= 11 is 0. The Kier molecular flexibility index (Phi) is 13.6. The highest BCUT2D eigenvalue weighted by Crippen LogP contribution is 2.15. The zero-order chi connectivity index (χ0) is 16.6. The van der Waals surface area contributed by atoms with Gasteiger partial charge in [0.05, 0.1) is 6.61 Å². The van der Waals surface area contributed by atoms with Crippen molar-refractivity contribution in [2.24, 2.45) is 0 Å². The second-order valence-electron chi connectivity index (χ2n) is 5.58. The molecular formula is C17H30O5. The lowest BCUT2D eigenvalue weighted by Gasteiger charge is -2.16. The van der Waals surface area contributed by atoms with Gasteiger partial charge in [-0.3, -0.25) is 9.59 Å². The van der Waals surface area contributed by atoms with Gasteiger partial charge in [-0.2, -0.15) is 0 Å². The van der Waals surface area contributed by atoms with Crippen molar-refractivity contribution in [1.29, 1.82) is 0 Å². The Bertz CT molecular complexity index is 314. The number of aldehydes is 1. The highest BCUT2D eigenvalue weighted by molar-refractivity contribution is 5.66. The second-order valence-corrected chi connectivity index (χ2v) is 5.58. The molecule has 0 aromatic carbocycles.